The second kappa shape index (κ2) is 5.44. The van der Waals surface area contributed by atoms with Gasteiger partial charge in [-0.25, -0.2) is 0 Å². The fraction of sp³-hybridized carbons (Fsp3) is 1.00. The molecule has 0 heterocycles. The Hall–Kier alpha value is 0.177. The summed E-state index contributed by atoms with van der Waals surface area (Å²) in [5.74, 6) is 1.71. The quantitative estimate of drug-likeness (QED) is 0.629. The van der Waals surface area contributed by atoms with Crippen LogP contribution in [0.1, 0.15) is 60.3 Å². The molecule has 0 aromatic carbocycles. The molecule has 0 saturated heterocycles. The summed E-state index contributed by atoms with van der Waals surface area (Å²) in [7, 11) is -1.56. The molecule has 0 aromatic heterocycles. The fourth-order valence-corrected chi connectivity index (χ4v) is 3.89. The first kappa shape index (κ1) is 15.2. The molecule has 1 saturated carbocycles. The first-order valence-electron chi connectivity index (χ1n) is 7.31. The second-order valence-electron chi connectivity index (χ2n) is 7.67. The third-order valence-corrected chi connectivity index (χ3v) is 9.41. The Morgan fingerprint density at radius 3 is 2.18 bits per heavy atom. The van der Waals surface area contributed by atoms with E-state index in [-0.39, 0.29) is 0 Å². The van der Waals surface area contributed by atoms with Crippen LogP contribution in [0.5, 0.6) is 0 Å². The van der Waals surface area contributed by atoms with Gasteiger partial charge in [0, 0.05) is 6.10 Å². The Morgan fingerprint density at radius 2 is 1.71 bits per heavy atom. The molecule has 1 nitrogen and oxygen atoms in total. The molecule has 1 aliphatic carbocycles. The smallest absolute Gasteiger partial charge is 0.192 e. The minimum absolute atomic E-state index is 0.345. The maximum absolute atomic E-state index is 6.56. The summed E-state index contributed by atoms with van der Waals surface area (Å²) in [6, 6.07) is 0. The molecular weight excluding hydrogens is 224 g/mol. The lowest BCUT2D eigenvalue weighted by molar-refractivity contribution is 0.0935. The summed E-state index contributed by atoms with van der Waals surface area (Å²) >= 11 is 0. The summed E-state index contributed by atoms with van der Waals surface area (Å²) in [6.07, 6.45) is 5.90. The van der Waals surface area contributed by atoms with Crippen LogP contribution in [0.25, 0.3) is 0 Å². The average molecular weight is 257 g/mol. The zero-order chi connectivity index (χ0) is 13.3. The third kappa shape index (κ3) is 4.10. The van der Waals surface area contributed by atoms with Gasteiger partial charge in [-0.2, -0.15) is 0 Å². The molecule has 2 atom stereocenters. The van der Waals surface area contributed by atoms with Gasteiger partial charge < -0.3 is 4.43 Å². The van der Waals surface area contributed by atoms with Crippen molar-refractivity contribution in [3.63, 3.8) is 0 Å². The van der Waals surface area contributed by atoms with Crippen LogP contribution >= 0.6 is 0 Å². The molecule has 17 heavy (non-hydrogen) atoms. The predicted octanol–water partition coefficient (Wildman–Crippen LogP) is 5.22. The molecular formula is C15H32OSi. The molecule has 0 amide bonds. The third-order valence-electron chi connectivity index (χ3n) is 4.88. The van der Waals surface area contributed by atoms with Gasteiger partial charge in [-0.1, -0.05) is 47.5 Å². The van der Waals surface area contributed by atoms with E-state index < -0.39 is 8.32 Å². The predicted molar refractivity (Wildman–Crippen MR) is 78.9 cm³/mol. The standard InChI is InChI=1S/C15H32OSi/c1-12(2)13-9-8-10-14(11-13)16-17(6,7)15(3,4)5/h12-14H,8-11H2,1-7H3/t13-,14+/m0/s1. The first-order valence-corrected chi connectivity index (χ1v) is 10.2. The van der Waals surface area contributed by atoms with Gasteiger partial charge in [-0.3, -0.25) is 0 Å². The molecule has 102 valence electrons. The van der Waals surface area contributed by atoms with Crippen LogP contribution in [-0.2, 0) is 4.43 Å². The van der Waals surface area contributed by atoms with Crippen molar-refractivity contribution >= 4 is 8.32 Å². The van der Waals surface area contributed by atoms with Crippen LogP contribution in [0, 0.1) is 11.8 Å². The highest BCUT2D eigenvalue weighted by molar-refractivity contribution is 6.74. The molecule has 0 aliphatic heterocycles. The minimum Gasteiger partial charge on any atom is -0.414 e. The van der Waals surface area contributed by atoms with Crippen molar-refractivity contribution in [1.29, 1.82) is 0 Å². The Balaban J connectivity index is 2.57. The Morgan fingerprint density at radius 1 is 1.12 bits per heavy atom. The fourth-order valence-electron chi connectivity index (χ4n) is 2.49. The van der Waals surface area contributed by atoms with Crippen molar-refractivity contribution in [2.24, 2.45) is 11.8 Å². The molecule has 2 heteroatoms. The summed E-state index contributed by atoms with van der Waals surface area (Å²) < 4.78 is 6.56. The van der Waals surface area contributed by atoms with E-state index in [4.69, 9.17) is 4.43 Å². The van der Waals surface area contributed by atoms with E-state index in [2.05, 4.69) is 47.7 Å². The van der Waals surface area contributed by atoms with Crippen LogP contribution in [0.15, 0.2) is 0 Å². The molecule has 0 bridgehead atoms. The van der Waals surface area contributed by atoms with Gasteiger partial charge >= 0.3 is 0 Å². The topological polar surface area (TPSA) is 9.23 Å². The molecule has 0 N–H and O–H groups in total. The van der Waals surface area contributed by atoms with E-state index in [0.29, 0.717) is 11.1 Å². The number of hydrogen-bond donors (Lipinski definition) is 0. The van der Waals surface area contributed by atoms with Gasteiger partial charge in [0.05, 0.1) is 0 Å². The molecule has 0 radical (unpaired) electrons. The van der Waals surface area contributed by atoms with Crippen LogP contribution in [0.4, 0.5) is 0 Å². The van der Waals surface area contributed by atoms with Gasteiger partial charge in [0.1, 0.15) is 0 Å². The van der Waals surface area contributed by atoms with E-state index in [1.807, 2.05) is 0 Å². The van der Waals surface area contributed by atoms with Crippen molar-refractivity contribution < 1.29 is 4.43 Å². The summed E-state index contributed by atoms with van der Waals surface area (Å²) in [4.78, 5) is 0. The van der Waals surface area contributed by atoms with Crippen LogP contribution in [0.2, 0.25) is 18.1 Å². The Labute approximate surface area is 109 Å². The Bertz CT molecular complexity index is 240. The van der Waals surface area contributed by atoms with Crippen molar-refractivity contribution in [1.82, 2.24) is 0 Å². The van der Waals surface area contributed by atoms with Gasteiger partial charge in [-0.05, 0) is 42.8 Å². The molecule has 1 aliphatic rings. The second-order valence-corrected chi connectivity index (χ2v) is 12.4. The van der Waals surface area contributed by atoms with Gasteiger partial charge in [-0.15, -0.1) is 0 Å². The van der Waals surface area contributed by atoms with Crippen molar-refractivity contribution in [3.05, 3.63) is 0 Å². The van der Waals surface area contributed by atoms with Crippen molar-refractivity contribution in [3.8, 4) is 0 Å². The van der Waals surface area contributed by atoms with Gasteiger partial charge in [0.25, 0.3) is 0 Å². The average Bonchev–Trinajstić information content (AvgIpc) is 2.15. The lowest BCUT2D eigenvalue weighted by Gasteiger charge is -2.42. The summed E-state index contributed by atoms with van der Waals surface area (Å²) in [6.45, 7) is 16.5. The molecule has 0 spiro atoms. The lowest BCUT2D eigenvalue weighted by atomic mass is 9.80. The zero-order valence-corrected chi connectivity index (χ0v) is 14.0. The van der Waals surface area contributed by atoms with E-state index in [1.165, 1.54) is 25.7 Å². The monoisotopic (exact) mass is 256 g/mol. The maximum Gasteiger partial charge on any atom is 0.192 e. The summed E-state index contributed by atoms with van der Waals surface area (Å²) in [5.41, 5.74) is 0. The highest BCUT2D eigenvalue weighted by Gasteiger charge is 2.40. The van der Waals surface area contributed by atoms with Crippen LogP contribution in [-0.4, -0.2) is 14.4 Å². The minimum atomic E-state index is -1.56. The normalized spacial score (nSPS) is 27.5. The first-order chi connectivity index (χ1) is 7.63. The molecule has 1 fully saturated rings. The molecule has 0 aromatic rings. The van der Waals surface area contributed by atoms with Gasteiger partial charge in [0.2, 0.25) is 0 Å². The van der Waals surface area contributed by atoms with E-state index in [1.54, 1.807) is 0 Å². The molecule has 0 unspecified atom stereocenters. The van der Waals surface area contributed by atoms with Crippen LogP contribution in [0.3, 0.4) is 0 Å². The number of hydrogen-bond acceptors (Lipinski definition) is 1. The largest absolute Gasteiger partial charge is 0.414 e. The molecule has 1 rings (SSSR count). The SMILES string of the molecule is CC(C)[C@H]1CCC[C@@H](O[Si](C)(C)C(C)(C)C)C1. The van der Waals surface area contributed by atoms with Crippen molar-refractivity contribution in [2.75, 3.05) is 0 Å². The van der Waals surface area contributed by atoms with Crippen LogP contribution < -0.4 is 0 Å². The zero-order valence-electron chi connectivity index (χ0n) is 13.0. The van der Waals surface area contributed by atoms with E-state index >= 15 is 0 Å². The van der Waals surface area contributed by atoms with E-state index in [0.717, 1.165) is 11.8 Å². The maximum atomic E-state index is 6.56. The highest BCUT2D eigenvalue weighted by Crippen LogP contribution is 2.40. The number of rotatable bonds is 3. The van der Waals surface area contributed by atoms with Crippen molar-refractivity contribution in [2.45, 2.75) is 84.5 Å². The Kier molecular flexibility index (Phi) is 4.87. The lowest BCUT2D eigenvalue weighted by Crippen LogP contribution is -2.45. The van der Waals surface area contributed by atoms with E-state index in [9.17, 15) is 0 Å². The van der Waals surface area contributed by atoms with Gasteiger partial charge in [0.15, 0.2) is 8.32 Å². The highest BCUT2D eigenvalue weighted by atomic mass is 28.4. The summed E-state index contributed by atoms with van der Waals surface area (Å²) in [5, 5.41) is 0.345.